The van der Waals surface area contributed by atoms with Crippen molar-refractivity contribution >= 4 is 0 Å². The molecule has 4 heteroatoms. The zero-order valence-corrected chi connectivity index (χ0v) is 14.9. The SMILES string of the molecule is C[N+](C)(C)C.C[N+](C)(C)C.[H-].[H-].[Na+].[Na+]. The molecule has 0 saturated heterocycles. The van der Waals surface area contributed by atoms with E-state index in [2.05, 4.69) is 56.4 Å². The van der Waals surface area contributed by atoms with E-state index in [1.165, 1.54) is 0 Å². The van der Waals surface area contributed by atoms with Gasteiger partial charge < -0.3 is 11.8 Å². The van der Waals surface area contributed by atoms with E-state index in [4.69, 9.17) is 0 Å². The molecular formula is C8H26N2Na2+2. The number of hydrogen-bond donors (Lipinski definition) is 0. The van der Waals surface area contributed by atoms with E-state index in [0.29, 0.717) is 0 Å². The average Bonchev–Trinajstić information content (AvgIpc) is 1.12. The molecule has 0 amide bonds. The van der Waals surface area contributed by atoms with E-state index >= 15 is 0 Å². The van der Waals surface area contributed by atoms with Gasteiger partial charge in [0.05, 0.1) is 56.4 Å². The molecule has 0 aliphatic carbocycles. The summed E-state index contributed by atoms with van der Waals surface area (Å²) in [5.41, 5.74) is 0. The summed E-state index contributed by atoms with van der Waals surface area (Å²) < 4.78 is 2.00. The van der Waals surface area contributed by atoms with Gasteiger partial charge in [-0.15, -0.1) is 0 Å². The third kappa shape index (κ3) is 386. The Hall–Kier alpha value is 1.92. The molecule has 0 heterocycles. The summed E-state index contributed by atoms with van der Waals surface area (Å²) in [6.45, 7) is 0. The fourth-order valence-electron chi connectivity index (χ4n) is 0. The molecule has 0 unspecified atom stereocenters. The van der Waals surface area contributed by atoms with Crippen LogP contribution in [0.2, 0.25) is 0 Å². The molecule has 0 aromatic carbocycles. The molecular weight excluding hydrogens is 170 g/mol. The van der Waals surface area contributed by atoms with Gasteiger partial charge in [-0.25, -0.2) is 0 Å². The Balaban J connectivity index is -0.0000000178. The molecule has 0 aromatic heterocycles. The third-order valence-electron chi connectivity index (χ3n) is 0. The Kier molecular flexibility index (Phi) is 18.6. The van der Waals surface area contributed by atoms with E-state index in [9.17, 15) is 0 Å². The first-order chi connectivity index (χ1) is 4.00. The van der Waals surface area contributed by atoms with Crippen LogP contribution in [0.5, 0.6) is 0 Å². The average molecular weight is 196 g/mol. The monoisotopic (exact) mass is 196 g/mol. The predicted molar refractivity (Wildman–Crippen MR) is 50.1 cm³/mol. The molecule has 0 rings (SSSR count). The summed E-state index contributed by atoms with van der Waals surface area (Å²) in [4.78, 5) is 0. The maximum Gasteiger partial charge on any atom is 1.00 e. The second-order valence-corrected chi connectivity index (χ2v) is 5.37. The summed E-state index contributed by atoms with van der Waals surface area (Å²) in [6, 6.07) is 0. The number of nitrogens with zero attached hydrogens (tertiary/aromatic N) is 2. The van der Waals surface area contributed by atoms with Crippen LogP contribution in [0, 0.1) is 0 Å². The van der Waals surface area contributed by atoms with Crippen molar-refractivity contribution in [3.63, 3.8) is 0 Å². The van der Waals surface area contributed by atoms with E-state index in [1.54, 1.807) is 0 Å². The second kappa shape index (κ2) is 9.47. The molecule has 0 aliphatic rings. The zero-order valence-electron chi connectivity index (χ0n) is 12.9. The summed E-state index contributed by atoms with van der Waals surface area (Å²) in [7, 11) is 17.0. The van der Waals surface area contributed by atoms with Crippen molar-refractivity contribution < 1.29 is 70.9 Å². The van der Waals surface area contributed by atoms with E-state index in [0.717, 1.165) is 8.97 Å². The van der Waals surface area contributed by atoms with E-state index in [1.807, 2.05) is 0 Å². The molecule has 2 nitrogen and oxygen atoms in total. The minimum absolute atomic E-state index is 0. The Morgan fingerprint density at radius 2 is 0.500 bits per heavy atom. The zero-order chi connectivity index (χ0) is 9.00. The first-order valence-corrected chi connectivity index (χ1v) is 3.58. The predicted octanol–water partition coefficient (Wildman–Crippen LogP) is -5.12. The summed E-state index contributed by atoms with van der Waals surface area (Å²) >= 11 is 0. The Bertz CT molecular complexity index is 66.3. The second-order valence-electron chi connectivity index (χ2n) is 5.37. The molecule has 0 radical (unpaired) electrons. The third-order valence-corrected chi connectivity index (χ3v) is 0. The summed E-state index contributed by atoms with van der Waals surface area (Å²) in [5.74, 6) is 0. The molecule has 0 atom stereocenters. The van der Waals surface area contributed by atoms with Gasteiger partial charge in [0.1, 0.15) is 0 Å². The maximum atomic E-state index is 2.12. The van der Waals surface area contributed by atoms with Gasteiger partial charge in [0, 0.05) is 0 Å². The Labute approximate surface area is 126 Å². The normalized spacial score (nSPS) is 10.0. The largest absolute Gasteiger partial charge is 1.00 e. The number of rotatable bonds is 0. The molecule has 12 heavy (non-hydrogen) atoms. The van der Waals surface area contributed by atoms with Gasteiger partial charge >= 0.3 is 59.1 Å². The molecule has 0 aliphatic heterocycles. The van der Waals surface area contributed by atoms with Crippen LogP contribution in [-0.2, 0) is 0 Å². The van der Waals surface area contributed by atoms with Gasteiger partial charge in [0.25, 0.3) is 0 Å². The smallest absolute Gasteiger partial charge is 1.00 e. The fraction of sp³-hybridized carbons (Fsp3) is 1.00. The quantitative estimate of drug-likeness (QED) is 0.269. The standard InChI is InChI=1S/2C4H12N.2Na.2H/c2*1-5(2,3)4;;;;/h2*1-4H3;;;;/q4*+1;2*-1. The fourth-order valence-corrected chi connectivity index (χ4v) is 0. The molecule has 0 N–H and O–H groups in total. The molecule has 0 fully saturated rings. The summed E-state index contributed by atoms with van der Waals surface area (Å²) in [5, 5.41) is 0. The van der Waals surface area contributed by atoms with Crippen LogP contribution in [0.4, 0.5) is 0 Å². The van der Waals surface area contributed by atoms with Crippen molar-refractivity contribution in [2.75, 3.05) is 56.4 Å². The van der Waals surface area contributed by atoms with Crippen LogP contribution in [0.3, 0.4) is 0 Å². The van der Waals surface area contributed by atoms with Gasteiger partial charge in [-0.2, -0.15) is 0 Å². The van der Waals surface area contributed by atoms with Crippen molar-refractivity contribution in [2.45, 2.75) is 0 Å². The van der Waals surface area contributed by atoms with Crippen LogP contribution in [0.25, 0.3) is 0 Å². The molecule has 0 aromatic rings. The van der Waals surface area contributed by atoms with Gasteiger partial charge in [-0.05, 0) is 0 Å². The Morgan fingerprint density at radius 1 is 0.500 bits per heavy atom. The van der Waals surface area contributed by atoms with E-state index < -0.39 is 0 Å². The van der Waals surface area contributed by atoms with Crippen LogP contribution >= 0.6 is 0 Å². The van der Waals surface area contributed by atoms with Gasteiger partial charge in [0.2, 0.25) is 0 Å². The molecule has 0 saturated carbocycles. The minimum Gasteiger partial charge on any atom is -1.00 e. The van der Waals surface area contributed by atoms with Crippen molar-refractivity contribution in [1.82, 2.24) is 0 Å². The molecule has 0 spiro atoms. The topological polar surface area (TPSA) is 0 Å². The van der Waals surface area contributed by atoms with Gasteiger partial charge in [0.15, 0.2) is 0 Å². The van der Waals surface area contributed by atoms with Gasteiger partial charge in [-0.1, -0.05) is 0 Å². The maximum absolute atomic E-state index is 2.12. The van der Waals surface area contributed by atoms with Crippen molar-refractivity contribution in [3.8, 4) is 0 Å². The minimum atomic E-state index is 0. The van der Waals surface area contributed by atoms with Gasteiger partial charge in [-0.3, -0.25) is 0 Å². The first-order valence-electron chi connectivity index (χ1n) is 3.58. The van der Waals surface area contributed by atoms with Crippen LogP contribution in [0.15, 0.2) is 0 Å². The van der Waals surface area contributed by atoms with Crippen LogP contribution in [-0.4, -0.2) is 65.3 Å². The van der Waals surface area contributed by atoms with Crippen molar-refractivity contribution in [2.24, 2.45) is 0 Å². The first kappa shape index (κ1) is 23.6. The van der Waals surface area contributed by atoms with Crippen LogP contribution in [0.1, 0.15) is 2.85 Å². The molecule has 0 bridgehead atoms. The molecule has 68 valence electrons. The van der Waals surface area contributed by atoms with Crippen LogP contribution < -0.4 is 59.1 Å². The van der Waals surface area contributed by atoms with Crippen molar-refractivity contribution in [1.29, 1.82) is 0 Å². The number of hydrogen-bond acceptors (Lipinski definition) is 0. The summed E-state index contributed by atoms with van der Waals surface area (Å²) in [6.07, 6.45) is 0. The van der Waals surface area contributed by atoms with E-state index in [-0.39, 0.29) is 62.0 Å². The Morgan fingerprint density at radius 3 is 0.500 bits per heavy atom. The number of quaternary nitrogens is 2. The van der Waals surface area contributed by atoms with Crippen molar-refractivity contribution in [3.05, 3.63) is 0 Å².